The third-order valence-corrected chi connectivity index (χ3v) is 6.16. The van der Waals surface area contributed by atoms with E-state index in [4.69, 9.17) is 9.72 Å². The van der Waals surface area contributed by atoms with E-state index in [1.807, 2.05) is 6.20 Å². The van der Waals surface area contributed by atoms with Crippen LogP contribution in [0.15, 0.2) is 6.20 Å². The number of ether oxygens (including phenoxy) is 1. The van der Waals surface area contributed by atoms with Gasteiger partial charge < -0.3 is 15.0 Å². The van der Waals surface area contributed by atoms with Gasteiger partial charge in [-0.05, 0) is 51.9 Å². The summed E-state index contributed by atoms with van der Waals surface area (Å²) < 4.78 is 5.82. The molecule has 2 heterocycles. The minimum atomic E-state index is 0.0687. The summed E-state index contributed by atoms with van der Waals surface area (Å²) in [6, 6.07) is 0.0687. The lowest BCUT2D eigenvalue weighted by molar-refractivity contribution is -0.122. The van der Waals surface area contributed by atoms with E-state index in [2.05, 4.69) is 29.0 Å². The molecule has 3 aliphatic rings. The Hall–Kier alpha value is -1.69. The van der Waals surface area contributed by atoms with Crippen LogP contribution in [0.2, 0.25) is 0 Å². The Bertz CT molecular complexity index is 664. The second-order valence-electron chi connectivity index (χ2n) is 8.60. The van der Waals surface area contributed by atoms with Crippen molar-refractivity contribution in [3.63, 3.8) is 0 Å². The van der Waals surface area contributed by atoms with E-state index >= 15 is 0 Å². The number of nitrogens with one attached hydrogen (secondary N) is 1. The van der Waals surface area contributed by atoms with E-state index in [1.54, 1.807) is 0 Å². The molecule has 1 amide bonds. The first-order valence-corrected chi connectivity index (χ1v) is 10.6. The van der Waals surface area contributed by atoms with Crippen LogP contribution in [0.5, 0.6) is 0 Å². The Morgan fingerprint density at radius 3 is 2.67 bits per heavy atom. The van der Waals surface area contributed by atoms with Crippen molar-refractivity contribution in [1.82, 2.24) is 15.3 Å². The predicted molar refractivity (Wildman–Crippen MR) is 105 cm³/mol. The average Bonchev–Trinajstić information content (AvgIpc) is 3.13. The number of aromatic nitrogens is 2. The Kier molecular flexibility index (Phi) is 5.62. The fourth-order valence-corrected chi connectivity index (χ4v) is 4.91. The maximum absolute atomic E-state index is 12.5. The van der Waals surface area contributed by atoms with E-state index in [1.165, 1.54) is 25.7 Å². The van der Waals surface area contributed by atoms with E-state index in [9.17, 15) is 4.79 Å². The molecule has 1 saturated heterocycles. The molecule has 3 atom stereocenters. The zero-order valence-corrected chi connectivity index (χ0v) is 16.6. The lowest BCUT2D eigenvalue weighted by atomic mass is 9.92. The smallest absolute Gasteiger partial charge is 0.225 e. The summed E-state index contributed by atoms with van der Waals surface area (Å²) in [4.78, 5) is 24.2. The lowest BCUT2D eigenvalue weighted by Gasteiger charge is -2.36. The summed E-state index contributed by atoms with van der Waals surface area (Å²) in [5, 5.41) is 3.26. The summed E-state index contributed by atoms with van der Waals surface area (Å²) in [6.07, 6.45) is 11.0. The van der Waals surface area contributed by atoms with Crippen molar-refractivity contribution in [3.05, 3.63) is 17.5 Å². The van der Waals surface area contributed by atoms with Crippen LogP contribution in [0.4, 0.5) is 5.95 Å². The summed E-state index contributed by atoms with van der Waals surface area (Å²) >= 11 is 0. The fraction of sp³-hybridized carbons (Fsp3) is 0.762. The Labute approximate surface area is 162 Å². The Balaban J connectivity index is 1.44. The monoisotopic (exact) mass is 372 g/mol. The van der Waals surface area contributed by atoms with Gasteiger partial charge in [-0.25, -0.2) is 9.97 Å². The van der Waals surface area contributed by atoms with Crippen LogP contribution in [0.3, 0.4) is 0 Å². The molecule has 2 aliphatic carbocycles. The zero-order valence-electron chi connectivity index (χ0n) is 16.6. The number of hydrogen-bond donors (Lipinski definition) is 1. The van der Waals surface area contributed by atoms with Crippen molar-refractivity contribution in [3.8, 4) is 0 Å². The number of rotatable bonds is 4. The number of carbonyl (C=O) groups is 1. The molecular weight excluding hydrogens is 340 g/mol. The Morgan fingerprint density at radius 2 is 1.93 bits per heavy atom. The van der Waals surface area contributed by atoms with Gasteiger partial charge in [-0.1, -0.05) is 12.8 Å². The van der Waals surface area contributed by atoms with Crippen molar-refractivity contribution in [1.29, 1.82) is 0 Å². The number of amides is 1. The highest BCUT2D eigenvalue weighted by Gasteiger charge is 2.28. The normalized spacial score (nSPS) is 28.8. The third-order valence-electron chi connectivity index (χ3n) is 6.16. The van der Waals surface area contributed by atoms with Gasteiger partial charge in [0.2, 0.25) is 11.9 Å². The molecule has 3 unspecified atom stereocenters. The molecule has 1 saturated carbocycles. The summed E-state index contributed by atoms with van der Waals surface area (Å²) in [5.74, 6) is 1.57. The number of nitrogens with zero attached hydrogens (tertiary/aromatic N) is 3. The highest BCUT2D eigenvalue weighted by molar-refractivity contribution is 5.76. The molecule has 4 rings (SSSR count). The van der Waals surface area contributed by atoms with Gasteiger partial charge in [-0.3, -0.25) is 4.79 Å². The van der Waals surface area contributed by atoms with Crippen molar-refractivity contribution < 1.29 is 9.53 Å². The topological polar surface area (TPSA) is 67.4 Å². The summed E-state index contributed by atoms with van der Waals surface area (Å²) in [7, 11) is 0. The molecule has 27 heavy (non-hydrogen) atoms. The van der Waals surface area contributed by atoms with E-state index in [-0.39, 0.29) is 24.2 Å². The SMILES string of the molecule is CC1CN(c2ncc3c(n2)CCCC3NC(=O)CC2CCCC2)CC(C)O1. The molecule has 1 aliphatic heterocycles. The van der Waals surface area contributed by atoms with Crippen LogP contribution in [-0.4, -0.2) is 41.2 Å². The third kappa shape index (κ3) is 4.42. The molecule has 1 aromatic rings. The number of carbonyl (C=O) groups excluding carboxylic acids is 1. The van der Waals surface area contributed by atoms with Crippen LogP contribution >= 0.6 is 0 Å². The van der Waals surface area contributed by atoms with Crippen LogP contribution in [0.25, 0.3) is 0 Å². The maximum atomic E-state index is 12.5. The van der Waals surface area contributed by atoms with Gasteiger partial charge in [0.25, 0.3) is 0 Å². The maximum Gasteiger partial charge on any atom is 0.225 e. The van der Waals surface area contributed by atoms with Crippen molar-refractivity contribution in [2.45, 2.75) is 83.5 Å². The zero-order chi connectivity index (χ0) is 18.8. The first-order chi connectivity index (χ1) is 13.1. The molecule has 6 nitrogen and oxygen atoms in total. The van der Waals surface area contributed by atoms with Crippen molar-refractivity contribution in [2.24, 2.45) is 5.92 Å². The number of anilines is 1. The van der Waals surface area contributed by atoms with Crippen molar-refractivity contribution >= 4 is 11.9 Å². The van der Waals surface area contributed by atoms with Gasteiger partial charge in [0.05, 0.1) is 23.9 Å². The number of morpholine rings is 1. The summed E-state index contributed by atoms with van der Waals surface area (Å²) in [5.41, 5.74) is 2.21. The molecular formula is C21H32N4O2. The largest absolute Gasteiger partial charge is 0.372 e. The number of aryl methyl sites for hydroxylation is 1. The molecule has 0 spiro atoms. The first kappa shape index (κ1) is 18.7. The minimum absolute atomic E-state index is 0.0687. The highest BCUT2D eigenvalue weighted by atomic mass is 16.5. The van der Waals surface area contributed by atoms with Crippen LogP contribution in [-0.2, 0) is 16.0 Å². The molecule has 6 heteroatoms. The first-order valence-electron chi connectivity index (χ1n) is 10.6. The molecule has 2 fully saturated rings. The van der Waals surface area contributed by atoms with Gasteiger partial charge >= 0.3 is 0 Å². The Morgan fingerprint density at radius 1 is 1.19 bits per heavy atom. The van der Waals surface area contributed by atoms with Crippen molar-refractivity contribution in [2.75, 3.05) is 18.0 Å². The highest BCUT2D eigenvalue weighted by Crippen LogP contribution is 2.31. The van der Waals surface area contributed by atoms with Gasteiger partial charge in [0.15, 0.2) is 0 Å². The standard InChI is InChI=1S/C21H32N4O2/c1-14-12-25(13-15(2)27-14)21-22-11-17-18(8-5-9-19(17)24-21)23-20(26)10-16-6-3-4-7-16/h11,14-16,18H,3-10,12-13H2,1-2H3,(H,23,26). The molecule has 1 aromatic heterocycles. The van der Waals surface area contributed by atoms with Crippen LogP contribution in [0, 0.1) is 5.92 Å². The van der Waals surface area contributed by atoms with E-state index in [0.717, 1.165) is 49.6 Å². The lowest BCUT2D eigenvalue weighted by Crippen LogP contribution is -2.46. The van der Waals surface area contributed by atoms with Gasteiger partial charge in [0.1, 0.15) is 0 Å². The van der Waals surface area contributed by atoms with E-state index in [0.29, 0.717) is 12.3 Å². The van der Waals surface area contributed by atoms with Crippen LogP contribution in [0.1, 0.15) is 76.1 Å². The average molecular weight is 373 g/mol. The second kappa shape index (κ2) is 8.13. The van der Waals surface area contributed by atoms with E-state index < -0.39 is 0 Å². The molecule has 0 aromatic carbocycles. The molecule has 1 N–H and O–H groups in total. The minimum Gasteiger partial charge on any atom is -0.372 e. The molecule has 148 valence electrons. The number of fused-ring (bicyclic) bond motifs is 1. The number of hydrogen-bond acceptors (Lipinski definition) is 5. The van der Waals surface area contributed by atoms with Crippen LogP contribution < -0.4 is 10.2 Å². The summed E-state index contributed by atoms with van der Waals surface area (Å²) in [6.45, 7) is 5.84. The van der Waals surface area contributed by atoms with Gasteiger partial charge in [-0.2, -0.15) is 0 Å². The fourth-order valence-electron chi connectivity index (χ4n) is 4.91. The van der Waals surface area contributed by atoms with Gasteiger partial charge in [-0.15, -0.1) is 0 Å². The predicted octanol–water partition coefficient (Wildman–Crippen LogP) is 3.16. The van der Waals surface area contributed by atoms with Gasteiger partial charge in [0, 0.05) is 31.3 Å². The second-order valence-corrected chi connectivity index (χ2v) is 8.60. The molecule has 0 radical (unpaired) electrons. The quantitative estimate of drug-likeness (QED) is 0.879. The molecule has 0 bridgehead atoms.